The molecule has 4 heteroatoms. The molecule has 2 N–H and O–H groups in total. The average Bonchev–Trinajstić information content (AvgIpc) is 2.53. The van der Waals surface area contributed by atoms with Crippen molar-refractivity contribution in [2.75, 3.05) is 24.2 Å². The summed E-state index contributed by atoms with van der Waals surface area (Å²) < 4.78 is 0. The Morgan fingerprint density at radius 1 is 1.10 bits per heavy atom. The first kappa shape index (κ1) is 13.4. The Morgan fingerprint density at radius 2 is 1.90 bits per heavy atom. The third-order valence-corrected chi connectivity index (χ3v) is 4.34. The summed E-state index contributed by atoms with van der Waals surface area (Å²) in [5, 5.41) is 8.86. The van der Waals surface area contributed by atoms with E-state index in [2.05, 4.69) is 32.8 Å². The van der Waals surface area contributed by atoms with Gasteiger partial charge in [0.1, 0.15) is 5.82 Å². The summed E-state index contributed by atoms with van der Waals surface area (Å²) in [5.74, 6) is 2.50. The van der Waals surface area contributed by atoms with E-state index in [1.807, 2.05) is 7.05 Å². The number of aromatic nitrogens is 2. The Hall–Kier alpha value is -1.58. The molecule has 1 aromatic rings. The number of rotatable bonds is 4. The SMILES string of the molecule is CNc1nc(NCC2CCCCC2)nc2c1=CCCC=2. The van der Waals surface area contributed by atoms with Gasteiger partial charge in [0.05, 0.1) is 5.35 Å². The fourth-order valence-electron chi connectivity index (χ4n) is 3.19. The molecular formula is C16H24N4. The molecule has 1 aromatic heterocycles. The van der Waals surface area contributed by atoms with Crippen molar-refractivity contribution in [2.24, 2.45) is 5.92 Å². The summed E-state index contributed by atoms with van der Waals surface area (Å²) in [7, 11) is 1.93. The van der Waals surface area contributed by atoms with Gasteiger partial charge in [0, 0.05) is 18.8 Å². The van der Waals surface area contributed by atoms with Crippen molar-refractivity contribution in [3.8, 4) is 0 Å². The largest absolute Gasteiger partial charge is 0.372 e. The Kier molecular flexibility index (Phi) is 4.19. The zero-order chi connectivity index (χ0) is 13.8. The molecule has 0 saturated heterocycles. The van der Waals surface area contributed by atoms with E-state index < -0.39 is 0 Å². The molecule has 0 bridgehead atoms. The van der Waals surface area contributed by atoms with Crippen LogP contribution in [0.4, 0.5) is 11.8 Å². The second kappa shape index (κ2) is 6.25. The second-order valence-corrected chi connectivity index (χ2v) is 5.82. The minimum absolute atomic E-state index is 0.769. The molecule has 0 amide bonds. The maximum Gasteiger partial charge on any atom is 0.225 e. The zero-order valence-electron chi connectivity index (χ0n) is 12.3. The van der Waals surface area contributed by atoms with Crippen LogP contribution in [-0.4, -0.2) is 23.6 Å². The van der Waals surface area contributed by atoms with Crippen LogP contribution in [0.15, 0.2) is 0 Å². The monoisotopic (exact) mass is 272 g/mol. The van der Waals surface area contributed by atoms with Gasteiger partial charge >= 0.3 is 0 Å². The lowest BCUT2D eigenvalue weighted by Gasteiger charge is -2.21. The Morgan fingerprint density at radius 3 is 2.70 bits per heavy atom. The molecule has 4 nitrogen and oxygen atoms in total. The van der Waals surface area contributed by atoms with E-state index in [1.165, 1.54) is 32.1 Å². The number of anilines is 2. The van der Waals surface area contributed by atoms with Crippen LogP contribution < -0.4 is 21.2 Å². The Bertz CT molecular complexity index is 573. The van der Waals surface area contributed by atoms with Crippen LogP contribution in [0.1, 0.15) is 44.9 Å². The quantitative estimate of drug-likeness (QED) is 0.878. The number of nitrogens with zero attached hydrogens (tertiary/aromatic N) is 2. The third kappa shape index (κ3) is 2.94. The second-order valence-electron chi connectivity index (χ2n) is 5.82. The number of hydrogen-bond acceptors (Lipinski definition) is 4. The van der Waals surface area contributed by atoms with Gasteiger partial charge in [-0.15, -0.1) is 0 Å². The van der Waals surface area contributed by atoms with Gasteiger partial charge < -0.3 is 10.6 Å². The molecule has 0 spiro atoms. The van der Waals surface area contributed by atoms with Gasteiger partial charge in [0.25, 0.3) is 0 Å². The first-order valence-electron chi connectivity index (χ1n) is 7.87. The molecule has 0 radical (unpaired) electrons. The van der Waals surface area contributed by atoms with Crippen LogP contribution in [0.3, 0.4) is 0 Å². The lowest BCUT2D eigenvalue weighted by atomic mass is 9.89. The zero-order valence-corrected chi connectivity index (χ0v) is 12.3. The summed E-state index contributed by atoms with van der Waals surface area (Å²) in [5.41, 5.74) is 0. The predicted molar refractivity (Wildman–Crippen MR) is 84.1 cm³/mol. The van der Waals surface area contributed by atoms with E-state index in [4.69, 9.17) is 0 Å². The first-order valence-corrected chi connectivity index (χ1v) is 7.87. The highest BCUT2D eigenvalue weighted by Crippen LogP contribution is 2.23. The standard InChI is InChI=1S/C16H24N4/c1-17-15-13-9-5-6-10-14(13)19-16(20-15)18-11-12-7-3-2-4-8-12/h9-10,12H,2-8,11H2,1H3,(H2,17,18,19,20). The molecule has 2 aliphatic rings. The summed E-state index contributed by atoms with van der Waals surface area (Å²) >= 11 is 0. The third-order valence-electron chi connectivity index (χ3n) is 4.34. The minimum Gasteiger partial charge on any atom is -0.372 e. The molecule has 108 valence electrons. The predicted octanol–water partition coefficient (Wildman–Crippen LogP) is 1.87. The van der Waals surface area contributed by atoms with Crippen LogP contribution in [-0.2, 0) is 0 Å². The highest BCUT2D eigenvalue weighted by Gasteiger charge is 2.14. The average molecular weight is 272 g/mol. The van der Waals surface area contributed by atoms with Gasteiger partial charge in [0.2, 0.25) is 5.95 Å². The normalized spacial score (nSPS) is 18.6. The Balaban J connectivity index is 1.77. The molecule has 1 heterocycles. The van der Waals surface area contributed by atoms with Gasteiger partial charge in [-0.1, -0.05) is 31.4 Å². The van der Waals surface area contributed by atoms with Crippen LogP contribution in [0, 0.1) is 5.92 Å². The summed E-state index contributed by atoms with van der Waals surface area (Å²) in [6.07, 6.45) is 13.4. The van der Waals surface area contributed by atoms with Gasteiger partial charge in [-0.25, -0.2) is 4.98 Å². The van der Waals surface area contributed by atoms with Crippen molar-refractivity contribution in [3.63, 3.8) is 0 Å². The molecule has 2 aliphatic carbocycles. The fraction of sp³-hybridized carbons (Fsp3) is 0.625. The minimum atomic E-state index is 0.769. The molecule has 1 saturated carbocycles. The number of hydrogen-bond donors (Lipinski definition) is 2. The van der Waals surface area contributed by atoms with Crippen molar-refractivity contribution in [1.82, 2.24) is 9.97 Å². The van der Waals surface area contributed by atoms with Crippen molar-refractivity contribution in [2.45, 2.75) is 44.9 Å². The van der Waals surface area contributed by atoms with E-state index in [9.17, 15) is 0 Å². The van der Waals surface area contributed by atoms with Crippen LogP contribution >= 0.6 is 0 Å². The van der Waals surface area contributed by atoms with Crippen LogP contribution in [0.25, 0.3) is 12.2 Å². The molecule has 0 atom stereocenters. The Labute approximate surface area is 120 Å². The van der Waals surface area contributed by atoms with Gasteiger partial charge in [-0.05, 0) is 31.6 Å². The highest BCUT2D eigenvalue weighted by molar-refractivity contribution is 5.50. The number of fused-ring (bicyclic) bond motifs is 1. The molecule has 20 heavy (non-hydrogen) atoms. The lowest BCUT2D eigenvalue weighted by molar-refractivity contribution is 0.373. The molecule has 0 unspecified atom stereocenters. The van der Waals surface area contributed by atoms with E-state index in [1.54, 1.807) is 0 Å². The summed E-state index contributed by atoms with van der Waals surface area (Å²) in [6, 6.07) is 0. The molecule has 0 aromatic carbocycles. The maximum atomic E-state index is 4.66. The molecule has 3 rings (SSSR count). The van der Waals surface area contributed by atoms with Gasteiger partial charge in [0.15, 0.2) is 0 Å². The van der Waals surface area contributed by atoms with Crippen molar-refractivity contribution < 1.29 is 0 Å². The summed E-state index contributed by atoms with van der Waals surface area (Å²) in [4.78, 5) is 9.26. The topological polar surface area (TPSA) is 49.8 Å². The molecular weight excluding hydrogens is 248 g/mol. The number of nitrogens with one attached hydrogen (secondary N) is 2. The van der Waals surface area contributed by atoms with Crippen molar-refractivity contribution >= 4 is 23.9 Å². The van der Waals surface area contributed by atoms with Gasteiger partial charge in [-0.3, -0.25) is 0 Å². The van der Waals surface area contributed by atoms with E-state index >= 15 is 0 Å². The first-order chi connectivity index (χ1) is 9.86. The van der Waals surface area contributed by atoms with Gasteiger partial charge in [-0.2, -0.15) is 4.98 Å². The van der Waals surface area contributed by atoms with Crippen LogP contribution in [0.5, 0.6) is 0 Å². The fourth-order valence-corrected chi connectivity index (χ4v) is 3.19. The van der Waals surface area contributed by atoms with Crippen molar-refractivity contribution in [1.29, 1.82) is 0 Å². The lowest BCUT2D eigenvalue weighted by Crippen LogP contribution is -2.35. The molecule has 0 aliphatic heterocycles. The van der Waals surface area contributed by atoms with Crippen molar-refractivity contribution in [3.05, 3.63) is 10.6 Å². The smallest absolute Gasteiger partial charge is 0.225 e. The van der Waals surface area contributed by atoms with E-state index in [0.29, 0.717) is 0 Å². The summed E-state index contributed by atoms with van der Waals surface area (Å²) in [6.45, 7) is 1.01. The highest BCUT2D eigenvalue weighted by atomic mass is 15.1. The maximum absolute atomic E-state index is 4.66. The van der Waals surface area contributed by atoms with E-state index in [0.717, 1.165) is 47.6 Å². The molecule has 1 fully saturated rings. The van der Waals surface area contributed by atoms with Crippen LogP contribution in [0.2, 0.25) is 0 Å². The van der Waals surface area contributed by atoms with E-state index in [-0.39, 0.29) is 0 Å².